The van der Waals surface area contributed by atoms with Crippen molar-refractivity contribution < 1.29 is 9.72 Å². The maximum absolute atomic E-state index is 12.7. The molecular weight excluding hydrogens is 358 g/mol. The zero-order valence-corrected chi connectivity index (χ0v) is 13.8. The second-order valence-corrected chi connectivity index (χ2v) is 5.68. The number of hydrogen-bond donors (Lipinski definition) is 1. The molecule has 0 atom stereocenters. The SMILES string of the molecule is N#Cc1c(C(=O)c2ccc([N+](=O)[O-])cc2)nn(-c2ccc(Cl)cc2)c1N. The molecule has 128 valence electrons. The van der Waals surface area contributed by atoms with Gasteiger partial charge in [-0.25, -0.2) is 4.68 Å². The van der Waals surface area contributed by atoms with Crippen LogP contribution in [0.1, 0.15) is 21.6 Å². The number of halogens is 1. The number of nitro groups is 1. The Hall–Kier alpha value is -3.70. The monoisotopic (exact) mass is 367 g/mol. The minimum Gasteiger partial charge on any atom is -0.382 e. The Morgan fingerprint density at radius 2 is 1.81 bits per heavy atom. The molecule has 0 radical (unpaired) electrons. The van der Waals surface area contributed by atoms with E-state index in [9.17, 15) is 20.2 Å². The number of anilines is 1. The molecule has 0 saturated heterocycles. The first-order valence-electron chi connectivity index (χ1n) is 7.26. The molecule has 0 amide bonds. The maximum Gasteiger partial charge on any atom is 0.269 e. The van der Waals surface area contributed by atoms with E-state index >= 15 is 0 Å². The fraction of sp³-hybridized carbons (Fsp3) is 0. The third-order valence-corrected chi connectivity index (χ3v) is 3.91. The van der Waals surface area contributed by atoms with Crippen molar-refractivity contribution in [2.24, 2.45) is 0 Å². The molecule has 2 aromatic carbocycles. The highest BCUT2D eigenvalue weighted by Gasteiger charge is 2.23. The van der Waals surface area contributed by atoms with E-state index in [-0.39, 0.29) is 28.3 Å². The first kappa shape index (κ1) is 17.1. The molecule has 3 aromatic rings. The fourth-order valence-corrected chi connectivity index (χ4v) is 2.48. The summed E-state index contributed by atoms with van der Waals surface area (Å²) >= 11 is 5.85. The zero-order chi connectivity index (χ0) is 18.8. The highest BCUT2D eigenvalue weighted by Crippen LogP contribution is 2.24. The summed E-state index contributed by atoms with van der Waals surface area (Å²) in [6.45, 7) is 0. The van der Waals surface area contributed by atoms with Crippen molar-refractivity contribution in [3.05, 3.63) is 80.5 Å². The van der Waals surface area contributed by atoms with Crippen LogP contribution in [0.5, 0.6) is 0 Å². The van der Waals surface area contributed by atoms with Crippen molar-refractivity contribution >= 4 is 28.9 Å². The van der Waals surface area contributed by atoms with Crippen LogP contribution in [0.4, 0.5) is 11.5 Å². The van der Waals surface area contributed by atoms with Gasteiger partial charge >= 0.3 is 0 Å². The van der Waals surface area contributed by atoms with Gasteiger partial charge in [0.2, 0.25) is 5.78 Å². The lowest BCUT2D eigenvalue weighted by Gasteiger charge is -2.03. The fourth-order valence-electron chi connectivity index (χ4n) is 2.35. The third kappa shape index (κ3) is 2.99. The van der Waals surface area contributed by atoms with E-state index in [1.807, 2.05) is 6.07 Å². The van der Waals surface area contributed by atoms with Gasteiger partial charge in [-0.05, 0) is 36.4 Å². The molecule has 8 nitrogen and oxygen atoms in total. The number of ketones is 1. The highest BCUT2D eigenvalue weighted by molar-refractivity contribution is 6.30. The van der Waals surface area contributed by atoms with E-state index in [1.165, 1.54) is 28.9 Å². The largest absolute Gasteiger partial charge is 0.382 e. The molecule has 0 spiro atoms. The van der Waals surface area contributed by atoms with Crippen LogP contribution in [0, 0.1) is 21.4 Å². The third-order valence-electron chi connectivity index (χ3n) is 3.66. The average Bonchev–Trinajstić information content (AvgIpc) is 2.98. The smallest absolute Gasteiger partial charge is 0.269 e. The number of aromatic nitrogens is 2. The van der Waals surface area contributed by atoms with Crippen LogP contribution < -0.4 is 5.73 Å². The van der Waals surface area contributed by atoms with Gasteiger partial charge in [0, 0.05) is 22.7 Å². The molecule has 0 unspecified atom stereocenters. The topological polar surface area (TPSA) is 128 Å². The van der Waals surface area contributed by atoms with E-state index in [0.29, 0.717) is 10.7 Å². The molecule has 0 saturated carbocycles. The van der Waals surface area contributed by atoms with Crippen LogP contribution in [-0.4, -0.2) is 20.5 Å². The summed E-state index contributed by atoms with van der Waals surface area (Å²) in [5.74, 6) is -0.545. The number of benzene rings is 2. The van der Waals surface area contributed by atoms with Crippen LogP contribution in [0.15, 0.2) is 48.5 Å². The van der Waals surface area contributed by atoms with Crippen molar-refractivity contribution in [3.8, 4) is 11.8 Å². The number of rotatable bonds is 4. The van der Waals surface area contributed by atoms with Crippen LogP contribution in [0.2, 0.25) is 5.02 Å². The summed E-state index contributed by atoms with van der Waals surface area (Å²) in [7, 11) is 0. The van der Waals surface area contributed by atoms with Gasteiger partial charge in [0.25, 0.3) is 5.69 Å². The first-order chi connectivity index (χ1) is 12.4. The number of carbonyl (C=O) groups excluding carboxylic acids is 1. The number of nitrogen functional groups attached to an aromatic ring is 1. The Kier molecular flexibility index (Phi) is 4.39. The molecule has 0 fully saturated rings. The lowest BCUT2D eigenvalue weighted by atomic mass is 10.1. The Balaban J connectivity index is 2.06. The molecule has 0 bridgehead atoms. The van der Waals surface area contributed by atoms with Gasteiger partial charge < -0.3 is 5.73 Å². The van der Waals surface area contributed by atoms with E-state index in [2.05, 4.69) is 5.10 Å². The summed E-state index contributed by atoms with van der Waals surface area (Å²) in [5, 5.41) is 24.8. The van der Waals surface area contributed by atoms with Crippen molar-refractivity contribution in [2.45, 2.75) is 0 Å². The number of non-ortho nitro benzene ring substituents is 1. The number of nitrogens with two attached hydrogens (primary N) is 1. The molecular formula is C17H10ClN5O3. The lowest BCUT2D eigenvalue weighted by Crippen LogP contribution is -2.05. The summed E-state index contributed by atoms with van der Waals surface area (Å²) in [4.78, 5) is 22.8. The van der Waals surface area contributed by atoms with Gasteiger partial charge in [-0.15, -0.1) is 0 Å². The normalized spacial score (nSPS) is 10.3. The Morgan fingerprint density at radius 3 is 2.35 bits per heavy atom. The van der Waals surface area contributed by atoms with Gasteiger partial charge in [-0.3, -0.25) is 14.9 Å². The predicted molar refractivity (Wildman–Crippen MR) is 94.2 cm³/mol. The Bertz CT molecular complexity index is 1050. The summed E-state index contributed by atoms with van der Waals surface area (Å²) in [6.07, 6.45) is 0. The number of nitrogens with zero attached hydrogens (tertiary/aromatic N) is 4. The van der Waals surface area contributed by atoms with Crippen LogP contribution >= 0.6 is 11.6 Å². The van der Waals surface area contributed by atoms with Gasteiger partial charge in [-0.1, -0.05) is 11.6 Å². The molecule has 1 heterocycles. The highest BCUT2D eigenvalue weighted by atomic mass is 35.5. The van der Waals surface area contributed by atoms with Gasteiger partial charge in [0.15, 0.2) is 5.69 Å². The number of nitriles is 1. The van der Waals surface area contributed by atoms with Crippen LogP contribution in [0.25, 0.3) is 5.69 Å². The van der Waals surface area contributed by atoms with Gasteiger partial charge in [-0.2, -0.15) is 10.4 Å². The van der Waals surface area contributed by atoms with E-state index in [1.54, 1.807) is 24.3 Å². The quantitative estimate of drug-likeness (QED) is 0.428. The minimum atomic E-state index is -0.567. The van der Waals surface area contributed by atoms with Crippen LogP contribution in [-0.2, 0) is 0 Å². The Morgan fingerprint density at radius 1 is 1.19 bits per heavy atom. The minimum absolute atomic E-state index is 0.0140. The standard InChI is InChI=1S/C17H10ClN5O3/c18-11-3-7-12(8-4-11)22-17(20)14(9-19)15(21-22)16(24)10-1-5-13(6-2-10)23(25)26/h1-8H,20H2. The molecule has 3 rings (SSSR count). The second kappa shape index (κ2) is 6.66. The van der Waals surface area contributed by atoms with Gasteiger partial charge in [0.1, 0.15) is 17.5 Å². The molecule has 26 heavy (non-hydrogen) atoms. The summed E-state index contributed by atoms with van der Waals surface area (Å²) < 4.78 is 1.27. The first-order valence-corrected chi connectivity index (χ1v) is 7.64. The summed E-state index contributed by atoms with van der Waals surface area (Å²) in [5.41, 5.74) is 6.32. The van der Waals surface area contributed by atoms with Crippen molar-refractivity contribution in [3.63, 3.8) is 0 Å². The molecule has 1 aromatic heterocycles. The average molecular weight is 368 g/mol. The van der Waals surface area contributed by atoms with E-state index < -0.39 is 10.7 Å². The number of hydrogen-bond acceptors (Lipinski definition) is 6. The van der Waals surface area contributed by atoms with E-state index in [4.69, 9.17) is 17.3 Å². The molecule has 0 aliphatic carbocycles. The van der Waals surface area contributed by atoms with Gasteiger partial charge in [0.05, 0.1) is 10.6 Å². The Labute approximate surface area is 152 Å². The molecule has 0 aliphatic heterocycles. The lowest BCUT2D eigenvalue weighted by molar-refractivity contribution is -0.384. The molecule has 0 aliphatic rings. The number of carbonyl (C=O) groups is 1. The van der Waals surface area contributed by atoms with Crippen molar-refractivity contribution in [1.29, 1.82) is 5.26 Å². The molecule has 2 N–H and O–H groups in total. The summed E-state index contributed by atoms with van der Waals surface area (Å²) in [6, 6.07) is 13.5. The molecule has 9 heteroatoms. The van der Waals surface area contributed by atoms with E-state index in [0.717, 1.165) is 0 Å². The number of nitro benzene ring substituents is 1. The zero-order valence-electron chi connectivity index (χ0n) is 13.1. The van der Waals surface area contributed by atoms with Crippen molar-refractivity contribution in [2.75, 3.05) is 5.73 Å². The second-order valence-electron chi connectivity index (χ2n) is 5.24. The maximum atomic E-state index is 12.7. The van der Waals surface area contributed by atoms with Crippen molar-refractivity contribution in [1.82, 2.24) is 9.78 Å². The van der Waals surface area contributed by atoms with Crippen LogP contribution in [0.3, 0.4) is 0 Å². The predicted octanol–water partition coefficient (Wildman–Crippen LogP) is 3.12.